The highest BCUT2D eigenvalue weighted by molar-refractivity contribution is 6.02. The quantitative estimate of drug-likeness (QED) is 0.926. The number of rotatable bonds is 3. The van der Waals surface area contributed by atoms with Crippen LogP contribution in [0.15, 0.2) is 30.6 Å². The van der Waals surface area contributed by atoms with E-state index < -0.39 is 17.5 Å². The van der Waals surface area contributed by atoms with Crippen molar-refractivity contribution in [1.82, 2.24) is 9.97 Å². The molecular formula is C13H11F2N3O. The van der Waals surface area contributed by atoms with Gasteiger partial charge in [0.2, 0.25) is 0 Å². The molecule has 0 aliphatic rings. The summed E-state index contributed by atoms with van der Waals surface area (Å²) in [6.07, 6.45) is 1.97. The standard InChI is InChI=1S/C13H11F2N3O/c1-2-8-6-12(17-7-16-8)13(19)18-9-3-4-10(14)11(15)5-9/h3-7H,2H2,1H3,(H,18,19). The minimum atomic E-state index is -1.02. The summed E-state index contributed by atoms with van der Waals surface area (Å²) < 4.78 is 25.7. The van der Waals surface area contributed by atoms with E-state index >= 15 is 0 Å². The third-order valence-electron chi connectivity index (χ3n) is 2.50. The van der Waals surface area contributed by atoms with Crippen LogP contribution >= 0.6 is 0 Å². The number of hydrogen-bond donors (Lipinski definition) is 1. The minimum absolute atomic E-state index is 0.167. The Morgan fingerprint density at radius 2 is 2.00 bits per heavy atom. The number of nitrogens with zero attached hydrogens (tertiary/aromatic N) is 2. The second-order valence-corrected chi connectivity index (χ2v) is 3.83. The van der Waals surface area contributed by atoms with Crippen LogP contribution < -0.4 is 5.32 Å². The Hall–Kier alpha value is -2.37. The zero-order valence-corrected chi connectivity index (χ0v) is 10.2. The average Bonchev–Trinajstić information content (AvgIpc) is 2.43. The first-order valence-corrected chi connectivity index (χ1v) is 5.67. The zero-order valence-electron chi connectivity index (χ0n) is 10.2. The third kappa shape index (κ3) is 3.09. The summed E-state index contributed by atoms with van der Waals surface area (Å²) in [6, 6.07) is 4.69. The van der Waals surface area contributed by atoms with Crippen LogP contribution in [0.5, 0.6) is 0 Å². The lowest BCUT2D eigenvalue weighted by molar-refractivity contribution is 0.102. The first kappa shape index (κ1) is 13.1. The van der Waals surface area contributed by atoms with Crippen molar-refractivity contribution in [1.29, 1.82) is 0 Å². The summed E-state index contributed by atoms with van der Waals surface area (Å²) in [4.78, 5) is 19.7. The average molecular weight is 263 g/mol. The fourth-order valence-corrected chi connectivity index (χ4v) is 1.48. The van der Waals surface area contributed by atoms with Gasteiger partial charge < -0.3 is 5.32 Å². The molecule has 0 bridgehead atoms. The number of nitrogens with one attached hydrogen (secondary N) is 1. The molecule has 4 nitrogen and oxygen atoms in total. The molecule has 1 amide bonds. The van der Waals surface area contributed by atoms with Crippen LogP contribution in [0.2, 0.25) is 0 Å². The third-order valence-corrected chi connectivity index (χ3v) is 2.50. The Labute approximate surface area is 108 Å². The first-order valence-electron chi connectivity index (χ1n) is 5.67. The molecule has 0 spiro atoms. The van der Waals surface area contributed by atoms with Gasteiger partial charge in [0.1, 0.15) is 12.0 Å². The van der Waals surface area contributed by atoms with E-state index in [9.17, 15) is 13.6 Å². The largest absolute Gasteiger partial charge is 0.321 e. The van der Waals surface area contributed by atoms with Gasteiger partial charge >= 0.3 is 0 Å². The second-order valence-electron chi connectivity index (χ2n) is 3.83. The number of benzene rings is 1. The molecule has 6 heteroatoms. The lowest BCUT2D eigenvalue weighted by atomic mass is 10.2. The van der Waals surface area contributed by atoms with Crippen molar-refractivity contribution >= 4 is 11.6 Å². The SMILES string of the molecule is CCc1cc(C(=O)Nc2ccc(F)c(F)c2)ncn1. The molecule has 1 aromatic carbocycles. The fraction of sp³-hybridized carbons (Fsp3) is 0.154. The van der Waals surface area contributed by atoms with E-state index in [0.717, 1.165) is 17.8 Å². The van der Waals surface area contributed by atoms with Gasteiger partial charge in [-0.3, -0.25) is 4.79 Å². The number of amides is 1. The Kier molecular flexibility index (Phi) is 3.79. The van der Waals surface area contributed by atoms with Crippen molar-refractivity contribution in [3.63, 3.8) is 0 Å². The van der Waals surface area contributed by atoms with Crippen LogP contribution in [0, 0.1) is 11.6 Å². The van der Waals surface area contributed by atoms with E-state index in [-0.39, 0.29) is 11.4 Å². The Balaban J connectivity index is 2.18. The molecule has 0 saturated carbocycles. The van der Waals surface area contributed by atoms with Gasteiger partial charge in [-0.1, -0.05) is 6.92 Å². The smallest absolute Gasteiger partial charge is 0.274 e. The van der Waals surface area contributed by atoms with Gasteiger partial charge in [0.25, 0.3) is 5.91 Å². The topological polar surface area (TPSA) is 54.9 Å². The van der Waals surface area contributed by atoms with Crippen LogP contribution in [-0.4, -0.2) is 15.9 Å². The van der Waals surface area contributed by atoms with Crippen molar-refractivity contribution in [3.05, 3.63) is 53.6 Å². The maximum Gasteiger partial charge on any atom is 0.274 e. The number of aryl methyl sites for hydroxylation is 1. The number of halogens is 2. The summed E-state index contributed by atoms with van der Waals surface area (Å²) in [5, 5.41) is 2.44. The maximum absolute atomic E-state index is 13.0. The zero-order chi connectivity index (χ0) is 13.8. The molecule has 19 heavy (non-hydrogen) atoms. The van der Waals surface area contributed by atoms with Crippen molar-refractivity contribution in [2.45, 2.75) is 13.3 Å². The number of hydrogen-bond acceptors (Lipinski definition) is 3. The molecule has 1 aromatic heterocycles. The molecule has 0 aliphatic heterocycles. The molecule has 0 aliphatic carbocycles. The van der Waals surface area contributed by atoms with Crippen LogP contribution in [0.3, 0.4) is 0 Å². The van der Waals surface area contributed by atoms with Crippen molar-refractivity contribution in [2.24, 2.45) is 0 Å². The van der Waals surface area contributed by atoms with Crippen LogP contribution in [0.25, 0.3) is 0 Å². The van der Waals surface area contributed by atoms with Gasteiger partial charge in [-0.05, 0) is 24.6 Å². The van der Waals surface area contributed by atoms with Crippen molar-refractivity contribution in [3.8, 4) is 0 Å². The van der Waals surface area contributed by atoms with Gasteiger partial charge in [-0.2, -0.15) is 0 Å². The summed E-state index contributed by atoms with van der Waals surface area (Å²) in [6.45, 7) is 1.90. The number of carbonyl (C=O) groups excluding carboxylic acids is 1. The van der Waals surface area contributed by atoms with Gasteiger partial charge in [0.15, 0.2) is 11.6 Å². The Bertz CT molecular complexity index is 617. The molecule has 2 rings (SSSR count). The molecule has 0 fully saturated rings. The summed E-state index contributed by atoms with van der Waals surface area (Å²) in [5.41, 5.74) is 1.07. The molecule has 0 atom stereocenters. The van der Waals surface area contributed by atoms with Gasteiger partial charge in [0, 0.05) is 17.4 Å². The highest BCUT2D eigenvalue weighted by Gasteiger charge is 2.10. The normalized spacial score (nSPS) is 10.3. The van der Waals surface area contributed by atoms with E-state index in [4.69, 9.17) is 0 Å². The molecule has 0 radical (unpaired) electrons. The van der Waals surface area contributed by atoms with E-state index in [1.54, 1.807) is 6.07 Å². The van der Waals surface area contributed by atoms with Gasteiger partial charge in [-0.15, -0.1) is 0 Å². The van der Waals surface area contributed by atoms with E-state index in [1.165, 1.54) is 12.4 Å². The van der Waals surface area contributed by atoms with Crippen LogP contribution in [0.1, 0.15) is 23.1 Å². The first-order chi connectivity index (χ1) is 9.10. The lowest BCUT2D eigenvalue weighted by Gasteiger charge is -2.05. The van der Waals surface area contributed by atoms with E-state index in [0.29, 0.717) is 6.42 Å². The molecule has 0 saturated heterocycles. The fourth-order valence-electron chi connectivity index (χ4n) is 1.48. The molecule has 1 heterocycles. The van der Waals surface area contributed by atoms with E-state index in [2.05, 4.69) is 15.3 Å². The Morgan fingerprint density at radius 1 is 1.21 bits per heavy atom. The number of anilines is 1. The molecule has 98 valence electrons. The van der Waals surface area contributed by atoms with Crippen LogP contribution in [0.4, 0.5) is 14.5 Å². The van der Waals surface area contributed by atoms with Gasteiger partial charge in [-0.25, -0.2) is 18.7 Å². The summed E-state index contributed by atoms with van der Waals surface area (Å²) >= 11 is 0. The monoisotopic (exact) mass is 263 g/mol. The lowest BCUT2D eigenvalue weighted by Crippen LogP contribution is -2.14. The van der Waals surface area contributed by atoms with E-state index in [1.807, 2.05) is 6.92 Å². The highest BCUT2D eigenvalue weighted by atomic mass is 19.2. The predicted octanol–water partition coefficient (Wildman–Crippen LogP) is 2.57. The molecule has 1 N–H and O–H groups in total. The second kappa shape index (κ2) is 5.51. The molecule has 0 unspecified atom stereocenters. The maximum atomic E-state index is 13.0. The van der Waals surface area contributed by atoms with Crippen molar-refractivity contribution in [2.75, 3.05) is 5.32 Å². The number of aromatic nitrogens is 2. The molecule has 2 aromatic rings. The minimum Gasteiger partial charge on any atom is -0.321 e. The predicted molar refractivity (Wildman–Crippen MR) is 65.7 cm³/mol. The van der Waals surface area contributed by atoms with Crippen molar-refractivity contribution < 1.29 is 13.6 Å². The van der Waals surface area contributed by atoms with Crippen LogP contribution in [-0.2, 0) is 6.42 Å². The summed E-state index contributed by atoms with van der Waals surface area (Å²) in [5.74, 6) is -2.48. The number of carbonyl (C=O) groups is 1. The highest BCUT2D eigenvalue weighted by Crippen LogP contribution is 2.14. The van der Waals surface area contributed by atoms with Gasteiger partial charge in [0.05, 0.1) is 0 Å². The summed E-state index contributed by atoms with van der Waals surface area (Å²) in [7, 11) is 0. The Morgan fingerprint density at radius 3 is 2.68 bits per heavy atom. The molecular weight excluding hydrogens is 252 g/mol.